The quantitative estimate of drug-likeness (QED) is 0.696. The maximum atomic E-state index is 13.0. The lowest BCUT2D eigenvalue weighted by Crippen LogP contribution is -2.32. The van der Waals surface area contributed by atoms with Crippen molar-refractivity contribution in [1.29, 1.82) is 0 Å². The van der Waals surface area contributed by atoms with Crippen molar-refractivity contribution < 1.29 is 9.53 Å². The molecule has 0 unspecified atom stereocenters. The smallest absolute Gasteiger partial charge is 0.255 e. The first-order valence-corrected chi connectivity index (χ1v) is 9.69. The van der Waals surface area contributed by atoms with Crippen LogP contribution in [0.5, 0.6) is 5.75 Å². The molecule has 1 N–H and O–H groups in total. The number of carbonyl (C=O) groups is 1. The SMILES string of the molecule is CCCc1nn(-c2ccc(OC)cc2)c(CCC)c1C(=O)NCCN(C)C. The van der Waals surface area contributed by atoms with Crippen LogP contribution in [0.15, 0.2) is 24.3 Å². The summed E-state index contributed by atoms with van der Waals surface area (Å²) in [6.07, 6.45) is 3.49. The summed E-state index contributed by atoms with van der Waals surface area (Å²) in [5.41, 5.74) is 3.55. The minimum absolute atomic E-state index is 0.0245. The number of hydrogen-bond donors (Lipinski definition) is 1. The van der Waals surface area contributed by atoms with Gasteiger partial charge in [0.1, 0.15) is 5.75 Å². The summed E-state index contributed by atoms with van der Waals surface area (Å²) >= 11 is 0. The molecule has 0 saturated heterocycles. The first-order valence-electron chi connectivity index (χ1n) is 9.69. The molecule has 27 heavy (non-hydrogen) atoms. The molecule has 148 valence electrons. The Hall–Kier alpha value is -2.34. The maximum absolute atomic E-state index is 13.0. The fourth-order valence-electron chi connectivity index (χ4n) is 3.06. The lowest BCUT2D eigenvalue weighted by atomic mass is 10.1. The van der Waals surface area contributed by atoms with E-state index in [9.17, 15) is 4.79 Å². The predicted octanol–water partition coefficient (Wildman–Crippen LogP) is 3.08. The summed E-state index contributed by atoms with van der Waals surface area (Å²) in [6, 6.07) is 7.80. The van der Waals surface area contributed by atoms with Gasteiger partial charge < -0.3 is 15.0 Å². The molecule has 0 radical (unpaired) electrons. The fourth-order valence-corrected chi connectivity index (χ4v) is 3.06. The van der Waals surface area contributed by atoms with Crippen molar-refractivity contribution in [2.75, 3.05) is 34.3 Å². The van der Waals surface area contributed by atoms with Gasteiger partial charge in [0.15, 0.2) is 0 Å². The molecule has 6 heteroatoms. The van der Waals surface area contributed by atoms with Gasteiger partial charge in [-0.25, -0.2) is 4.68 Å². The van der Waals surface area contributed by atoms with Crippen molar-refractivity contribution in [3.8, 4) is 11.4 Å². The van der Waals surface area contributed by atoms with E-state index in [0.717, 1.165) is 60.6 Å². The van der Waals surface area contributed by atoms with Gasteiger partial charge >= 0.3 is 0 Å². The van der Waals surface area contributed by atoms with Gasteiger partial charge in [0.05, 0.1) is 29.7 Å². The van der Waals surface area contributed by atoms with Gasteiger partial charge in [-0.05, 0) is 51.2 Å². The zero-order chi connectivity index (χ0) is 19.8. The molecule has 0 aliphatic carbocycles. The third-order valence-electron chi connectivity index (χ3n) is 4.42. The highest BCUT2D eigenvalue weighted by molar-refractivity contribution is 5.96. The van der Waals surface area contributed by atoms with Crippen molar-refractivity contribution in [2.24, 2.45) is 0 Å². The Bertz CT molecular complexity index is 735. The number of amides is 1. The van der Waals surface area contributed by atoms with Crippen LogP contribution in [-0.4, -0.2) is 54.9 Å². The second-order valence-electron chi connectivity index (χ2n) is 6.94. The van der Waals surface area contributed by atoms with E-state index < -0.39 is 0 Å². The standard InChI is InChI=1S/C21H32N4O2/c1-6-8-18-20(21(26)22-14-15-24(3)4)19(9-7-2)25(23-18)16-10-12-17(27-5)13-11-16/h10-13H,6-9,14-15H2,1-5H3,(H,22,26). The topological polar surface area (TPSA) is 59.4 Å². The van der Waals surface area contributed by atoms with E-state index in [0.29, 0.717) is 6.54 Å². The van der Waals surface area contributed by atoms with E-state index in [1.807, 2.05) is 43.0 Å². The van der Waals surface area contributed by atoms with Crippen LogP contribution < -0.4 is 10.1 Å². The molecule has 0 bridgehead atoms. The highest BCUT2D eigenvalue weighted by Gasteiger charge is 2.23. The number of nitrogens with one attached hydrogen (secondary N) is 1. The van der Waals surface area contributed by atoms with Crippen LogP contribution in [0.1, 0.15) is 48.4 Å². The average molecular weight is 373 g/mol. The molecule has 0 aliphatic heterocycles. The van der Waals surface area contributed by atoms with Gasteiger partial charge in [-0.3, -0.25) is 4.79 Å². The summed E-state index contributed by atoms with van der Waals surface area (Å²) in [5, 5.41) is 7.87. The molecule has 6 nitrogen and oxygen atoms in total. The number of hydrogen-bond acceptors (Lipinski definition) is 4. The zero-order valence-electron chi connectivity index (χ0n) is 17.2. The maximum Gasteiger partial charge on any atom is 0.255 e. The van der Waals surface area contributed by atoms with Crippen molar-refractivity contribution in [3.63, 3.8) is 0 Å². The minimum atomic E-state index is -0.0245. The second kappa shape index (κ2) is 10.1. The van der Waals surface area contributed by atoms with E-state index in [-0.39, 0.29) is 5.91 Å². The van der Waals surface area contributed by atoms with Crippen molar-refractivity contribution >= 4 is 5.91 Å². The monoisotopic (exact) mass is 372 g/mol. The van der Waals surface area contributed by atoms with E-state index in [2.05, 4.69) is 24.1 Å². The molecule has 2 rings (SSSR count). The number of likely N-dealkylation sites (N-methyl/N-ethyl adjacent to an activating group) is 1. The average Bonchev–Trinajstić information content (AvgIpc) is 3.00. The Kier molecular flexibility index (Phi) is 7.85. The van der Waals surface area contributed by atoms with Crippen LogP contribution in [0.25, 0.3) is 5.69 Å². The van der Waals surface area contributed by atoms with Crippen LogP contribution in [0.3, 0.4) is 0 Å². The molecule has 1 amide bonds. The number of nitrogens with zero attached hydrogens (tertiary/aromatic N) is 3. The van der Waals surface area contributed by atoms with Gasteiger partial charge in [-0.1, -0.05) is 26.7 Å². The molecule has 0 fully saturated rings. The zero-order valence-corrected chi connectivity index (χ0v) is 17.2. The normalized spacial score (nSPS) is 11.0. The van der Waals surface area contributed by atoms with Crippen LogP contribution in [0, 0.1) is 0 Å². The molecule has 1 aromatic carbocycles. The molecule has 0 spiro atoms. The summed E-state index contributed by atoms with van der Waals surface area (Å²) in [5.74, 6) is 0.780. The number of aromatic nitrogens is 2. The van der Waals surface area contributed by atoms with E-state index >= 15 is 0 Å². The minimum Gasteiger partial charge on any atom is -0.497 e. The molecule has 1 aromatic heterocycles. The Morgan fingerprint density at radius 1 is 1.15 bits per heavy atom. The van der Waals surface area contributed by atoms with Gasteiger partial charge in [0, 0.05) is 13.1 Å². The van der Waals surface area contributed by atoms with Crippen LogP contribution in [0.2, 0.25) is 0 Å². The van der Waals surface area contributed by atoms with E-state index in [1.54, 1.807) is 7.11 Å². The highest BCUT2D eigenvalue weighted by Crippen LogP contribution is 2.23. The van der Waals surface area contributed by atoms with Crippen molar-refractivity contribution in [3.05, 3.63) is 41.2 Å². The van der Waals surface area contributed by atoms with Gasteiger partial charge in [-0.15, -0.1) is 0 Å². The largest absolute Gasteiger partial charge is 0.497 e. The number of methoxy groups -OCH3 is 1. The predicted molar refractivity (Wildman–Crippen MR) is 109 cm³/mol. The number of ether oxygens (including phenoxy) is 1. The lowest BCUT2D eigenvalue weighted by Gasteiger charge is -2.12. The molecular formula is C21H32N4O2. The molecular weight excluding hydrogens is 340 g/mol. The summed E-state index contributed by atoms with van der Waals surface area (Å²) in [6.45, 7) is 5.67. The molecule has 0 saturated carbocycles. The summed E-state index contributed by atoms with van der Waals surface area (Å²) in [4.78, 5) is 15.0. The number of rotatable bonds is 10. The van der Waals surface area contributed by atoms with E-state index in [1.165, 1.54) is 0 Å². The van der Waals surface area contributed by atoms with Gasteiger partial charge in [0.2, 0.25) is 0 Å². The van der Waals surface area contributed by atoms with Crippen LogP contribution in [0.4, 0.5) is 0 Å². The third-order valence-corrected chi connectivity index (χ3v) is 4.42. The first kappa shape index (κ1) is 21.0. The fraction of sp³-hybridized carbons (Fsp3) is 0.524. The second-order valence-corrected chi connectivity index (χ2v) is 6.94. The number of aryl methyl sites for hydroxylation is 1. The van der Waals surface area contributed by atoms with Gasteiger partial charge in [0.25, 0.3) is 5.91 Å². The summed E-state index contributed by atoms with van der Waals surface area (Å²) < 4.78 is 7.18. The van der Waals surface area contributed by atoms with Crippen LogP contribution >= 0.6 is 0 Å². The van der Waals surface area contributed by atoms with E-state index in [4.69, 9.17) is 9.84 Å². The molecule has 0 atom stereocenters. The highest BCUT2D eigenvalue weighted by atomic mass is 16.5. The summed E-state index contributed by atoms with van der Waals surface area (Å²) in [7, 11) is 5.65. The Labute approximate surface area is 162 Å². The molecule has 2 aromatic rings. The Balaban J connectivity index is 2.43. The van der Waals surface area contributed by atoms with Gasteiger partial charge in [-0.2, -0.15) is 5.10 Å². The third kappa shape index (κ3) is 5.32. The van der Waals surface area contributed by atoms with Crippen molar-refractivity contribution in [2.45, 2.75) is 39.5 Å². The number of benzene rings is 1. The van der Waals surface area contributed by atoms with Crippen LogP contribution in [-0.2, 0) is 12.8 Å². The van der Waals surface area contributed by atoms with Crippen molar-refractivity contribution in [1.82, 2.24) is 20.0 Å². The number of carbonyl (C=O) groups excluding carboxylic acids is 1. The Morgan fingerprint density at radius 2 is 1.81 bits per heavy atom. The Morgan fingerprint density at radius 3 is 2.37 bits per heavy atom. The molecule has 0 aliphatic rings. The molecule has 1 heterocycles. The first-order chi connectivity index (χ1) is 13.0. The lowest BCUT2D eigenvalue weighted by molar-refractivity contribution is 0.0949.